The van der Waals surface area contributed by atoms with Crippen LogP contribution in [0.5, 0.6) is 0 Å². The van der Waals surface area contributed by atoms with Gasteiger partial charge in [-0.25, -0.2) is 4.39 Å². The minimum atomic E-state index is -0.376. The van der Waals surface area contributed by atoms with Crippen molar-refractivity contribution in [2.45, 2.75) is 65.7 Å². The second-order valence-corrected chi connectivity index (χ2v) is 7.50. The van der Waals surface area contributed by atoms with E-state index >= 15 is 4.39 Å². The molecule has 0 fully saturated rings. The molecule has 1 atom stereocenters. The Balaban J connectivity index is 2.78. The van der Waals surface area contributed by atoms with E-state index in [9.17, 15) is 5.26 Å². The van der Waals surface area contributed by atoms with Gasteiger partial charge in [-0.15, -0.1) is 0 Å². The molecule has 2 aromatic carbocycles. The first kappa shape index (κ1) is 23.3. The van der Waals surface area contributed by atoms with Crippen molar-refractivity contribution in [2.24, 2.45) is 4.99 Å². The van der Waals surface area contributed by atoms with E-state index in [1.807, 2.05) is 13.0 Å². The van der Waals surface area contributed by atoms with Gasteiger partial charge in [0.05, 0.1) is 18.2 Å². The Kier molecular flexibility index (Phi) is 8.80. The molecule has 0 unspecified atom stereocenters. The lowest BCUT2D eigenvalue weighted by atomic mass is 9.85. The quantitative estimate of drug-likeness (QED) is 0.412. The Morgan fingerprint density at radius 2 is 2.07 bits per heavy atom. The third-order valence-electron chi connectivity index (χ3n) is 5.49. The van der Waals surface area contributed by atoms with E-state index < -0.39 is 0 Å². The number of nitrogens with zero attached hydrogens (tertiary/aromatic N) is 2. The number of nitriles is 1. The number of aliphatic imine (C=N–C) groups is 1. The van der Waals surface area contributed by atoms with Crippen molar-refractivity contribution in [1.82, 2.24) is 0 Å². The lowest BCUT2D eigenvalue weighted by Crippen LogP contribution is -2.07. The molecule has 0 aliphatic heterocycles. The fourth-order valence-corrected chi connectivity index (χ4v) is 3.75. The van der Waals surface area contributed by atoms with E-state index in [2.05, 4.69) is 55.9 Å². The molecule has 0 radical (unpaired) electrons. The molecule has 0 aromatic heterocycles. The average molecular weight is 406 g/mol. The Morgan fingerprint density at radius 1 is 1.30 bits per heavy atom. The molecule has 0 bridgehead atoms. The molecule has 0 saturated heterocycles. The standard InChI is InChI=1S/C26H32FN3/c1-6-10-11-19-12-13-20(16-24(19)29-8-3)22-17-23(27)21(14-15-28)26(30-9-4)25(22)18(5)7-2/h8-9,12-13,16-18,30H,4,6-7,10-11,14H2,1-3,5H3/t18-/m1/s1. The van der Waals surface area contributed by atoms with Crippen molar-refractivity contribution in [2.75, 3.05) is 5.32 Å². The van der Waals surface area contributed by atoms with Crippen LogP contribution in [-0.2, 0) is 12.8 Å². The van der Waals surface area contributed by atoms with Crippen molar-refractivity contribution in [3.8, 4) is 17.2 Å². The van der Waals surface area contributed by atoms with Crippen LogP contribution < -0.4 is 5.32 Å². The number of anilines is 1. The molecule has 0 aliphatic carbocycles. The van der Waals surface area contributed by atoms with Gasteiger partial charge in [0.1, 0.15) is 5.82 Å². The fraction of sp³-hybridized carbons (Fsp3) is 0.385. The number of hydrogen-bond donors (Lipinski definition) is 1. The summed E-state index contributed by atoms with van der Waals surface area (Å²) in [6.07, 6.45) is 7.45. The number of rotatable bonds is 10. The van der Waals surface area contributed by atoms with Crippen LogP contribution in [0.2, 0.25) is 0 Å². The van der Waals surface area contributed by atoms with Crippen LogP contribution >= 0.6 is 0 Å². The first-order valence-electron chi connectivity index (χ1n) is 10.7. The Morgan fingerprint density at radius 3 is 2.67 bits per heavy atom. The topological polar surface area (TPSA) is 48.2 Å². The van der Waals surface area contributed by atoms with Crippen LogP contribution in [0.15, 0.2) is 42.0 Å². The number of nitrogens with one attached hydrogen (secondary N) is 1. The maximum atomic E-state index is 15.1. The van der Waals surface area contributed by atoms with E-state index in [0.717, 1.165) is 48.1 Å². The molecular formula is C26H32FN3. The predicted molar refractivity (Wildman–Crippen MR) is 126 cm³/mol. The second-order valence-electron chi connectivity index (χ2n) is 7.50. The van der Waals surface area contributed by atoms with Gasteiger partial charge < -0.3 is 5.32 Å². The number of hydrogen-bond acceptors (Lipinski definition) is 3. The Bertz CT molecular complexity index is 954. The zero-order valence-corrected chi connectivity index (χ0v) is 18.6. The molecule has 3 nitrogen and oxygen atoms in total. The van der Waals surface area contributed by atoms with Crippen LogP contribution in [0.4, 0.5) is 15.8 Å². The molecule has 1 N–H and O–H groups in total. The summed E-state index contributed by atoms with van der Waals surface area (Å²) >= 11 is 0. The van der Waals surface area contributed by atoms with Crippen LogP contribution in [0.3, 0.4) is 0 Å². The third kappa shape index (κ3) is 5.16. The maximum absolute atomic E-state index is 15.1. The van der Waals surface area contributed by atoms with E-state index in [-0.39, 0.29) is 18.2 Å². The first-order valence-corrected chi connectivity index (χ1v) is 10.7. The monoisotopic (exact) mass is 405 g/mol. The van der Waals surface area contributed by atoms with Gasteiger partial charge in [0.2, 0.25) is 0 Å². The summed E-state index contributed by atoms with van der Waals surface area (Å²) in [6.45, 7) is 12.1. The van der Waals surface area contributed by atoms with Gasteiger partial charge in [-0.1, -0.05) is 45.9 Å². The van der Waals surface area contributed by atoms with Crippen LogP contribution in [-0.4, -0.2) is 6.21 Å². The van der Waals surface area contributed by atoms with Crippen molar-refractivity contribution in [1.29, 1.82) is 5.26 Å². The van der Waals surface area contributed by atoms with E-state index in [1.165, 1.54) is 5.56 Å². The number of benzene rings is 2. The zero-order chi connectivity index (χ0) is 22.1. The SMILES string of the molecule is C=CNc1c(CC#N)c(F)cc(-c2ccc(CCCC)c(N=CC)c2)c1[C@H](C)CC. The molecule has 0 spiro atoms. The molecule has 0 aliphatic rings. The normalized spacial score (nSPS) is 12.0. The summed E-state index contributed by atoms with van der Waals surface area (Å²) in [5, 5.41) is 12.3. The molecule has 0 saturated carbocycles. The van der Waals surface area contributed by atoms with Gasteiger partial charge in [0.15, 0.2) is 0 Å². The minimum Gasteiger partial charge on any atom is -0.362 e. The number of unbranched alkanes of at least 4 members (excludes halogenated alkanes) is 1. The number of halogens is 1. The van der Waals surface area contributed by atoms with Gasteiger partial charge in [-0.2, -0.15) is 5.26 Å². The fourth-order valence-electron chi connectivity index (χ4n) is 3.75. The van der Waals surface area contributed by atoms with Crippen LogP contribution in [0.1, 0.15) is 69.6 Å². The van der Waals surface area contributed by atoms with Gasteiger partial charge in [-0.05, 0) is 72.7 Å². The minimum absolute atomic E-state index is 0.00700. The number of aryl methyl sites for hydroxylation is 1. The summed E-state index contributed by atoms with van der Waals surface area (Å²) < 4.78 is 15.1. The highest BCUT2D eigenvalue weighted by molar-refractivity contribution is 5.80. The molecule has 158 valence electrons. The van der Waals surface area contributed by atoms with Crippen molar-refractivity contribution in [3.05, 3.63) is 59.6 Å². The second kappa shape index (κ2) is 11.3. The smallest absolute Gasteiger partial charge is 0.130 e. The molecule has 30 heavy (non-hydrogen) atoms. The lowest BCUT2D eigenvalue weighted by molar-refractivity contribution is 0.614. The molecule has 4 heteroatoms. The summed E-state index contributed by atoms with van der Waals surface area (Å²) in [5.41, 5.74) is 5.96. The maximum Gasteiger partial charge on any atom is 0.130 e. The highest BCUT2D eigenvalue weighted by atomic mass is 19.1. The summed E-state index contributed by atoms with van der Waals surface area (Å²) in [4.78, 5) is 4.57. The molecule has 0 heterocycles. The highest BCUT2D eigenvalue weighted by Gasteiger charge is 2.22. The van der Waals surface area contributed by atoms with Crippen molar-refractivity contribution < 1.29 is 4.39 Å². The van der Waals surface area contributed by atoms with Crippen LogP contribution in [0.25, 0.3) is 11.1 Å². The summed E-state index contributed by atoms with van der Waals surface area (Å²) in [6, 6.07) is 9.87. The average Bonchev–Trinajstić information content (AvgIpc) is 2.75. The predicted octanol–water partition coefficient (Wildman–Crippen LogP) is 7.69. The zero-order valence-electron chi connectivity index (χ0n) is 18.6. The van der Waals surface area contributed by atoms with Gasteiger partial charge in [-0.3, -0.25) is 4.99 Å². The third-order valence-corrected chi connectivity index (χ3v) is 5.49. The van der Waals surface area contributed by atoms with E-state index in [0.29, 0.717) is 11.3 Å². The highest BCUT2D eigenvalue weighted by Crippen LogP contribution is 2.41. The Hall–Kier alpha value is -2.93. The van der Waals surface area contributed by atoms with E-state index in [1.54, 1.807) is 18.5 Å². The first-order chi connectivity index (χ1) is 14.5. The molecule has 2 aromatic rings. The summed E-state index contributed by atoms with van der Waals surface area (Å²) in [7, 11) is 0. The van der Waals surface area contributed by atoms with Gasteiger partial charge >= 0.3 is 0 Å². The van der Waals surface area contributed by atoms with E-state index in [4.69, 9.17) is 0 Å². The van der Waals surface area contributed by atoms with Gasteiger partial charge in [0, 0.05) is 17.5 Å². The largest absolute Gasteiger partial charge is 0.362 e. The molecular weight excluding hydrogens is 373 g/mol. The van der Waals surface area contributed by atoms with Gasteiger partial charge in [0.25, 0.3) is 0 Å². The molecule has 2 rings (SSSR count). The van der Waals surface area contributed by atoms with Crippen molar-refractivity contribution >= 4 is 17.6 Å². The summed E-state index contributed by atoms with van der Waals surface area (Å²) in [5.74, 6) is -0.197. The lowest BCUT2D eigenvalue weighted by Gasteiger charge is -2.23. The van der Waals surface area contributed by atoms with Crippen molar-refractivity contribution in [3.63, 3.8) is 0 Å². The van der Waals surface area contributed by atoms with Crippen LogP contribution in [0, 0.1) is 17.1 Å². The Labute approximate surface area is 180 Å². The molecule has 0 amide bonds.